The molecule has 0 saturated heterocycles. The van der Waals surface area contributed by atoms with E-state index in [1.54, 1.807) is 6.20 Å². The second-order valence-corrected chi connectivity index (χ2v) is 4.64. The van der Waals surface area contributed by atoms with E-state index in [1.165, 1.54) is 21.6 Å². The molecule has 0 amide bonds. The third kappa shape index (κ3) is 1.22. The van der Waals surface area contributed by atoms with Crippen LogP contribution in [0.3, 0.4) is 0 Å². The Morgan fingerprint density at radius 1 is 0.944 bits per heavy atom. The van der Waals surface area contributed by atoms with Crippen LogP contribution in [0, 0.1) is 0 Å². The number of rotatable bonds is 0. The molecule has 3 heteroatoms. The Balaban J connectivity index is 2.35. The monoisotopic (exact) mass is 231 g/mol. The molecule has 2 heterocycles. The van der Waals surface area contributed by atoms with Gasteiger partial charge in [-0.05, 0) is 22.9 Å². The largest absolute Gasteiger partial charge is 0.456 e. The Kier molecular flexibility index (Phi) is 1.81. The van der Waals surface area contributed by atoms with Gasteiger partial charge in [-0.1, -0.05) is 29.7 Å². The van der Waals surface area contributed by atoms with Crippen molar-refractivity contribution in [3.8, 4) is 0 Å². The van der Waals surface area contributed by atoms with Crippen LogP contribution in [0.4, 0.5) is 0 Å². The van der Waals surface area contributed by atoms with Crippen LogP contribution >= 0.6 is 0 Å². The molecule has 0 aliphatic heterocycles. The van der Waals surface area contributed by atoms with Gasteiger partial charge in [0.2, 0.25) is 0 Å². The first kappa shape index (κ1) is 9.72. The number of hydrogen-bond donors (Lipinski definition) is 0. The van der Waals surface area contributed by atoms with Crippen molar-refractivity contribution in [3.05, 3.63) is 48.8 Å². The van der Waals surface area contributed by atoms with Gasteiger partial charge in [-0.15, -0.1) is 0 Å². The molecule has 4 aromatic rings. The summed E-state index contributed by atoms with van der Waals surface area (Å²) in [5.74, 6) is 0. The highest BCUT2D eigenvalue weighted by molar-refractivity contribution is 6.34. The van der Waals surface area contributed by atoms with E-state index in [0.717, 1.165) is 16.6 Å². The van der Waals surface area contributed by atoms with Crippen molar-refractivity contribution in [3.63, 3.8) is 0 Å². The van der Waals surface area contributed by atoms with Crippen LogP contribution in [0.25, 0.3) is 32.7 Å². The quantitative estimate of drug-likeness (QED) is 0.434. The maximum Gasteiger partial charge on any atom is 0.139 e. The van der Waals surface area contributed by atoms with Gasteiger partial charge in [-0.2, -0.15) is 0 Å². The van der Waals surface area contributed by atoms with Crippen molar-refractivity contribution < 1.29 is 4.42 Å². The molecule has 0 atom stereocenters. The van der Waals surface area contributed by atoms with Crippen molar-refractivity contribution in [1.82, 2.24) is 4.98 Å². The van der Waals surface area contributed by atoms with Gasteiger partial charge in [-0.25, -0.2) is 0 Å². The van der Waals surface area contributed by atoms with E-state index in [0.29, 0.717) is 0 Å². The standard InChI is InChI=1S/C15H10BNO/c16-10-3-1-9-2-4-14-15(11(9)7-10)12-8-17-6-5-13(12)18-14/h1-8H,16H2. The minimum atomic E-state index is 0.897. The number of pyridine rings is 1. The van der Waals surface area contributed by atoms with Gasteiger partial charge in [0.25, 0.3) is 0 Å². The van der Waals surface area contributed by atoms with Gasteiger partial charge in [0.1, 0.15) is 19.0 Å². The van der Waals surface area contributed by atoms with Gasteiger partial charge in [0.05, 0.1) is 0 Å². The summed E-state index contributed by atoms with van der Waals surface area (Å²) in [6, 6.07) is 12.5. The van der Waals surface area contributed by atoms with Crippen LogP contribution in [0.1, 0.15) is 0 Å². The van der Waals surface area contributed by atoms with Crippen LogP contribution in [0.2, 0.25) is 0 Å². The lowest BCUT2D eigenvalue weighted by Crippen LogP contribution is -1.99. The van der Waals surface area contributed by atoms with Gasteiger partial charge < -0.3 is 4.42 Å². The molecule has 0 N–H and O–H groups in total. The first-order valence-electron chi connectivity index (χ1n) is 5.98. The lowest BCUT2D eigenvalue weighted by atomic mass is 9.92. The van der Waals surface area contributed by atoms with Crippen LogP contribution < -0.4 is 5.46 Å². The van der Waals surface area contributed by atoms with Crippen molar-refractivity contribution in [2.75, 3.05) is 0 Å². The number of furan rings is 1. The summed E-state index contributed by atoms with van der Waals surface area (Å²) in [5.41, 5.74) is 3.08. The summed E-state index contributed by atoms with van der Waals surface area (Å²) in [6.07, 6.45) is 3.64. The summed E-state index contributed by atoms with van der Waals surface area (Å²) >= 11 is 0. The normalized spacial score (nSPS) is 11.6. The number of aromatic nitrogens is 1. The molecule has 2 nitrogen and oxygen atoms in total. The second-order valence-electron chi connectivity index (χ2n) is 4.64. The fraction of sp³-hybridized carbons (Fsp3) is 0. The third-order valence-corrected chi connectivity index (χ3v) is 3.41. The van der Waals surface area contributed by atoms with E-state index in [2.05, 4.69) is 37.1 Å². The Labute approximate surface area is 105 Å². The minimum Gasteiger partial charge on any atom is -0.456 e. The third-order valence-electron chi connectivity index (χ3n) is 3.41. The molecule has 0 aliphatic rings. The maximum absolute atomic E-state index is 5.86. The Bertz CT molecular complexity index is 895. The SMILES string of the molecule is Bc1ccc2ccc3oc4ccncc4c3c2c1. The fourth-order valence-electron chi connectivity index (χ4n) is 2.55. The first-order valence-corrected chi connectivity index (χ1v) is 5.98. The molecular formula is C15H10BNO. The topological polar surface area (TPSA) is 26.0 Å². The van der Waals surface area contributed by atoms with Crippen LogP contribution in [0.15, 0.2) is 53.2 Å². The highest BCUT2D eigenvalue weighted by Gasteiger charge is 2.09. The van der Waals surface area contributed by atoms with Crippen LogP contribution in [-0.2, 0) is 0 Å². The minimum absolute atomic E-state index is 0.897. The summed E-state index contributed by atoms with van der Waals surface area (Å²) < 4.78 is 5.86. The first-order chi connectivity index (χ1) is 8.83. The predicted octanol–water partition coefficient (Wildman–Crippen LogP) is 2.39. The fourth-order valence-corrected chi connectivity index (χ4v) is 2.55. The number of nitrogens with zero attached hydrogens (tertiary/aromatic N) is 1. The maximum atomic E-state index is 5.86. The molecule has 4 rings (SSSR count). The van der Waals surface area contributed by atoms with E-state index in [1.807, 2.05) is 18.3 Å². The highest BCUT2D eigenvalue weighted by Crippen LogP contribution is 2.33. The van der Waals surface area contributed by atoms with E-state index >= 15 is 0 Å². The smallest absolute Gasteiger partial charge is 0.139 e. The van der Waals surface area contributed by atoms with Gasteiger partial charge in [0.15, 0.2) is 0 Å². The molecule has 0 unspecified atom stereocenters. The lowest BCUT2D eigenvalue weighted by Gasteiger charge is -2.01. The van der Waals surface area contributed by atoms with E-state index < -0.39 is 0 Å². The van der Waals surface area contributed by atoms with Crippen molar-refractivity contribution in [1.29, 1.82) is 0 Å². The van der Waals surface area contributed by atoms with Gasteiger partial charge in [-0.3, -0.25) is 4.98 Å². The lowest BCUT2D eigenvalue weighted by molar-refractivity contribution is 0.669. The highest BCUT2D eigenvalue weighted by atomic mass is 16.3. The summed E-state index contributed by atoms with van der Waals surface area (Å²) in [4.78, 5) is 4.20. The second kappa shape index (κ2) is 3.36. The van der Waals surface area contributed by atoms with Crippen LogP contribution in [0.5, 0.6) is 0 Å². The Morgan fingerprint density at radius 2 is 1.83 bits per heavy atom. The molecule has 0 spiro atoms. The molecule has 0 saturated carbocycles. The zero-order valence-electron chi connectivity index (χ0n) is 9.97. The molecule has 0 aliphatic carbocycles. The molecule has 0 bridgehead atoms. The zero-order valence-corrected chi connectivity index (χ0v) is 9.97. The molecule has 18 heavy (non-hydrogen) atoms. The zero-order chi connectivity index (χ0) is 12.1. The molecule has 0 fully saturated rings. The summed E-state index contributed by atoms with van der Waals surface area (Å²) in [5, 5.41) is 4.72. The molecule has 0 radical (unpaired) electrons. The molecule has 2 aromatic carbocycles. The Morgan fingerprint density at radius 3 is 2.78 bits per heavy atom. The predicted molar refractivity (Wildman–Crippen MR) is 77.2 cm³/mol. The van der Waals surface area contributed by atoms with Gasteiger partial charge >= 0.3 is 0 Å². The summed E-state index contributed by atoms with van der Waals surface area (Å²) in [6.45, 7) is 0. The van der Waals surface area contributed by atoms with Crippen molar-refractivity contribution in [2.24, 2.45) is 0 Å². The summed E-state index contributed by atoms with van der Waals surface area (Å²) in [7, 11) is 2.11. The molecular weight excluding hydrogens is 221 g/mol. The van der Waals surface area contributed by atoms with E-state index in [4.69, 9.17) is 4.42 Å². The Hall–Kier alpha value is -2.29. The molecule has 84 valence electrons. The average molecular weight is 231 g/mol. The number of benzene rings is 2. The van der Waals surface area contributed by atoms with Crippen LogP contribution in [-0.4, -0.2) is 12.8 Å². The molecule has 2 aromatic heterocycles. The van der Waals surface area contributed by atoms with Gasteiger partial charge in [0, 0.05) is 23.2 Å². The van der Waals surface area contributed by atoms with Crippen molar-refractivity contribution in [2.45, 2.75) is 0 Å². The van der Waals surface area contributed by atoms with Crippen molar-refractivity contribution >= 4 is 46.0 Å². The van der Waals surface area contributed by atoms with E-state index in [9.17, 15) is 0 Å². The number of fused-ring (bicyclic) bond motifs is 5. The van der Waals surface area contributed by atoms with E-state index in [-0.39, 0.29) is 0 Å². The average Bonchev–Trinajstić information content (AvgIpc) is 2.77. The number of hydrogen-bond acceptors (Lipinski definition) is 2.